The SMILES string of the molecule is COc1ccc(Br)cc1C(=O)Nc1ccc2oc(-c3ccccc3C)nc2c1. The number of aromatic nitrogens is 1. The summed E-state index contributed by atoms with van der Waals surface area (Å²) < 4.78 is 12.0. The predicted octanol–water partition coefficient (Wildman–Crippen LogP) is 5.83. The molecule has 0 aliphatic rings. The Bertz CT molecular complexity index is 1180. The van der Waals surface area contributed by atoms with Crippen LogP contribution in [0.4, 0.5) is 5.69 Å². The molecular formula is C22H17BrN2O3. The molecule has 1 N–H and O–H groups in total. The van der Waals surface area contributed by atoms with E-state index in [-0.39, 0.29) is 5.91 Å². The summed E-state index contributed by atoms with van der Waals surface area (Å²) in [6.45, 7) is 2.02. The maximum absolute atomic E-state index is 12.7. The van der Waals surface area contributed by atoms with Crippen molar-refractivity contribution < 1.29 is 13.9 Å². The number of hydrogen-bond donors (Lipinski definition) is 1. The monoisotopic (exact) mass is 436 g/mol. The Labute approximate surface area is 170 Å². The van der Waals surface area contributed by atoms with E-state index in [1.165, 1.54) is 7.11 Å². The molecule has 28 heavy (non-hydrogen) atoms. The number of fused-ring (bicyclic) bond motifs is 1. The molecule has 0 saturated carbocycles. The second kappa shape index (κ2) is 7.48. The highest BCUT2D eigenvalue weighted by Gasteiger charge is 2.15. The highest BCUT2D eigenvalue weighted by molar-refractivity contribution is 9.10. The van der Waals surface area contributed by atoms with Gasteiger partial charge in [-0.1, -0.05) is 34.1 Å². The van der Waals surface area contributed by atoms with Crippen LogP contribution >= 0.6 is 15.9 Å². The van der Waals surface area contributed by atoms with Gasteiger partial charge in [0, 0.05) is 15.7 Å². The molecule has 0 aliphatic heterocycles. The van der Waals surface area contributed by atoms with Gasteiger partial charge in [0.2, 0.25) is 5.89 Å². The largest absolute Gasteiger partial charge is 0.496 e. The van der Waals surface area contributed by atoms with Crippen molar-refractivity contribution >= 4 is 38.6 Å². The van der Waals surface area contributed by atoms with Crippen molar-refractivity contribution in [2.24, 2.45) is 0 Å². The van der Waals surface area contributed by atoms with E-state index in [9.17, 15) is 4.79 Å². The lowest BCUT2D eigenvalue weighted by atomic mass is 10.1. The van der Waals surface area contributed by atoms with Crippen LogP contribution in [0.5, 0.6) is 5.75 Å². The van der Waals surface area contributed by atoms with Crippen LogP contribution in [0.25, 0.3) is 22.6 Å². The fourth-order valence-corrected chi connectivity index (χ4v) is 3.35. The highest BCUT2D eigenvalue weighted by atomic mass is 79.9. The number of halogens is 1. The normalized spacial score (nSPS) is 10.8. The molecule has 0 bridgehead atoms. The van der Waals surface area contributed by atoms with Crippen LogP contribution in [0, 0.1) is 6.92 Å². The first-order valence-corrected chi connectivity index (χ1v) is 9.46. The second-order valence-electron chi connectivity index (χ2n) is 6.32. The number of benzene rings is 3. The Morgan fingerprint density at radius 2 is 1.93 bits per heavy atom. The van der Waals surface area contributed by atoms with Crippen LogP contribution in [0.2, 0.25) is 0 Å². The molecule has 0 spiro atoms. The lowest BCUT2D eigenvalue weighted by Gasteiger charge is -2.09. The number of carbonyl (C=O) groups excluding carboxylic acids is 1. The van der Waals surface area contributed by atoms with Crippen molar-refractivity contribution in [2.75, 3.05) is 12.4 Å². The average molecular weight is 437 g/mol. The van der Waals surface area contributed by atoms with Gasteiger partial charge in [0.05, 0.1) is 12.7 Å². The number of carbonyl (C=O) groups is 1. The zero-order valence-corrected chi connectivity index (χ0v) is 16.9. The van der Waals surface area contributed by atoms with Crippen molar-refractivity contribution in [1.29, 1.82) is 0 Å². The maximum Gasteiger partial charge on any atom is 0.259 e. The minimum Gasteiger partial charge on any atom is -0.496 e. The van der Waals surface area contributed by atoms with E-state index in [0.29, 0.717) is 34.0 Å². The molecule has 4 rings (SSSR count). The third-order valence-corrected chi connectivity index (χ3v) is 4.92. The van der Waals surface area contributed by atoms with Crippen molar-refractivity contribution in [3.63, 3.8) is 0 Å². The molecule has 4 aromatic rings. The number of hydrogen-bond acceptors (Lipinski definition) is 4. The van der Waals surface area contributed by atoms with Gasteiger partial charge < -0.3 is 14.5 Å². The molecule has 1 heterocycles. The van der Waals surface area contributed by atoms with Crippen LogP contribution in [0.1, 0.15) is 15.9 Å². The van der Waals surface area contributed by atoms with Crippen molar-refractivity contribution in [2.45, 2.75) is 6.92 Å². The first kappa shape index (κ1) is 18.3. The van der Waals surface area contributed by atoms with Gasteiger partial charge in [-0.25, -0.2) is 4.98 Å². The number of amides is 1. The Morgan fingerprint density at radius 1 is 1.11 bits per heavy atom. The van der Waals surface area contributed by atoms with Gasteiger partial charge in [0.15, 0.2) is 5.58 Å². The van der Waals surface area contributed by atoms with Gasteiger partial charge in [-0.3, -0.25) is 4.79 Å². The van der Waals surface area contributed by atoms with Gasteiger partial charge in [0.25, 0.3) is 5.91 Å². The van der Waals surface area contributed by atoms with Gasteiger partial charge in [-0.2, -0.15) is 0 Å². The van der Waals surface area contributed by atoms with Gasteiger partial charge in [0.1, 0.15) is 11.3 Å². The summed E-state index contributed by atoms with van der Waals surface area (Å²) in [5.74, 6) is 0.801. The van der Waals surface area contributed by atoms with Crippen LogP contribution in [-0.4, -0.2) is 18.0 Å². The summed E-state index contributed by atoms with van der Waals surface area (Å²) in [4.78, 5) is 17.3. The standard InChI is InChI=1S/C22H17BrN2O3/c1-13-5-3-4-6-16(13)22-25-18-12-15(8-10-20(18)28-22)24-21(26)17-11-14(23)7-9-19(17)27-2/h3-12H,1-2H3,(H,24,26). The molecule has 0 saturated heterocycles. The minimum atomic E-state index is -0.264. The number of nitrogens with one attached hydrogen (secondary N) is 1. The predicted molar refractivity (Wildman–Crippen MR) is 113 cm³/mol. The van der Waals surface area contributed by atoms with Crippen molar-refractivity contribution in [1.82, 2.24) is 4.98 Å². The summed E-state index contributed by atoms with van der Waals surface area (Å²) in [5.41, 5.74) is 4.45. The van der Waals surface area contributed by atoms with E-state index in [1.54, 1.807) is 30.3 Å². The number of methoxy groups -OCH3 is 1. The van der Waals surface area contributed by atoms with Crippen LogP contribution in [0.3, 0.4) is 0 Å². The summed E-state index contributed by atoms with van der Waals surface area (Å²) in [6, 6.07) is 18.6. The number of anilines is 1. The minimum absolute atomic E-state index is 0.264. The number of rotatable bonds is 4. The van der Waals surface area contributed by atoms with E-state index in [4.69, 9.17) is 9.15 Å². The number of ether oxygens (including phenoxy) is 1. The Morgan fingerprint density at radius 3 is 2.71 bits per heavy atom. The first-order chi connectivity index (χ1) is 13.5. The van der Waals surface area contributed by atoms with E-state index in [0.717, 1.165) is 15.6 Å². The number of oxazole rings is 1. The van der Waals surface area contributed by atoms with E-state index >= 15 is 0 Å². The average Bonchev–Trinajstić information content (AvgIpc) is 3.11. The second-order valence-corrected chi connectivity index (χ2v) is 7.23. The molecule has 0 unspecified atom stereocenters. The van der Waals surface area contributed by atoms with Gasteiger partial charge >= 0.3 is 0 Å². The quantitative estimate of drug-likeness (QED) is 0.437. The molecule has 1 aromatic heterocycles. The summed E-state index contributed by atoms with van der Waals surface area (Å²) >= 11 is 3.38. The molecule has 3 aromatic carbocycles. The maximum atomic E-state index is 12.7. The summed E-state index contributed by atoms with van der Waals surface area (Å²) in [7, 11) is 1.54. The zero-order chi connectivity index (χ0) is 19.7. The van der Waals surface area contributed by atoms with E-state index in [1.807, 2.05) is 37.3 Å². The lowest BCUT2D eigenvalue weighted by Crippen LogP contribution is -2.13. The highest BCUT2D eigenvalue weighted by Crippen LogP contribution is 2.29. The van der Waals surface area contributed by atoms with Gasteiger partial charge in [-0.05, 0) is 55.0 Å². The molecular weight excluding hydrogens is 420 g/mol. The van der Waals surface area contributed by atoms with E-state index in [2.05, 4.69) is 26.2 Å². The number of nitrogens with zero attached hydrogens (tertiary/aromatic N) is 1. The fourth-order valence-electron chi connectivity index (χ4n) is 2.99. The van der Waals surface area contributed by atoms with Crippen molar-refractivity contribution in [3.8, 4) is 17.2 Å². The molecule has 140 valence electrons. The smallest absolute Gasteiger partial charge is 0.259 e. The van der Waals surface area contributed by atoms with Crippen LogP contribution in [0.15, 0.2) is 69.6 Å². The molecule has 5 nitrogen and oxygen atoms in total. The number of aryl methyl sites for hydroxylation is 1. The van der Waals surface area contributed by atoms with Gasteiger partial charge in [-0.15, -0.1) is 0 Å². The van der Waals surface area contributed by atoms with E-state index < -0.39 is 0 Å². The van der Waals surface area contributed by atoms with Crippen LogP contribution in [-0.2, 0) is 0 Å². The molecule has 1 amide bonds. The summed E-state index contributed by atoms with van der Waals surface area (Å²) in [5, 5.41) is 2.89. The Kier molecular flexibility index (Phi) is 4.88. The lowest BCUT2D eigenvalue weighted by molar-refractivity contribution is 0.102. The molecule has 0 aliphatic carbocycles. The third kappa shape index (κ3) is 3.51. The topological polar surface area (TPSA) is 64.4 Å². The van der Waals surface area contributed by atoms with Crippen molar-refractivity contribution in [3.05, 3.63) is 76.3 Å². The third-order valence-electron chi connectivity index (χ3n) is 4.43. The molecule has 0 atom stereocenters. The Balaban J connectivity index is 1.65. The first-order valence-electron chi connectivity index (χ1n) is 8.66. The Hall–Kier alpha value is -3.12. The molecule has 0 fully saturated rings. The van der Waals surface area contributed by atoms with Crippen LogP contribution < -0.4 is 10.1 Å². The zero-order valence-electron chi connectivity index (χ0n) is 15.3. The fraction of sp³-hybridized carbons (Fsp3) is 0.0909. The molecule has 6 heteroatoms. The molecule has 0 radical (unpaired) electrons. The summed E-state index contributed by atoms with van der Waals surface area (Å²) in [6.07, 6.45) is 0.